The Hall–Kier alpha value is -2.20. The number of halogens is 1. The number of hydrogen-bond acceptors (Lipinski definition) is 2. The molecule has 116 valence electrons. The molecule has 0 unspecified atom stereocenters. The molecule has 2 rings (SSSR count). The summed E-state index contributed by atoms with van der Waals surface area (Å²) in [6, 6.07) is 13.9. The summed E-state index contributed by atoms with van der Waals surface area (Å²) in [5.74, 6) is -0.283. The van der Waals surface area contributed by atoms with Gasteiger partial charge in [-0.2, -0.15) is 0 Å². The van der Waals surface area contributed by atoms with Crippen LogP contribution >= 0.6 is 0 Å². The first-order chi connectivity index (χ1) is 10.5. The van der Waals surface area contributed by atoms with E-state index in [0.717, 1.165) is 11.1 Å². The summed E-state index contributed by atoms with van der Waals surface area (Å²) in [5, 5.41) is 3.48. The lowest BCUT2D eigenvalue weighted by Gasteiger charge is -2.23. The molecule has 1 amide bonds. The molecule has 0 heterocycles. The van der Waals surface area contributed by atoms with Crippen LogP contribution in [0.2, 0.25) is 0 Å². The summed E-state index contributed by atoms with van der Waals surface area (Å²) < 4.78 is 13.0. The van der Waals surface area contributed by atoms with Crippen molar-refractivity contribution in [2.75, 3.05) is 0 Å². The fourth-order valence-electron chi connectivity index (χ4n) is 2.42. The Morgan fingerprint density at radius 3 is 2.18 bits per heavy atom. The zero-order chi connectivity index (χ0) is 16.1. The Morgan fingerprint density at radius 1 is 1.09 bits per heavy atom. The average molecular weight is 300 g/mol. The lowest BCUT2D eigenvalue weighted by atomic mass is 9.95. The van der Waals surface area contributed by atoms with Crippen molar-refractivity contribution in [3.8, 4) is 0 Å². The molecule has 3 N–H and O–H groups in total. The molecule has 2 aromatic rings. The van der Waals surface area contributed by atoms with E-state index in [4.69, 9.17) is 5.73 Å². The van der Waals surface area contributed by atoms with E-state index in [-0.39, 0.29) is 11.9 Å². The molecule has 0 saturated heterocycles. The Labute approximate surface area is 130 Å². The van der Waals surface area contributed by atoms with E-state index in [2.05, 4.69) is 19.2 Å². The number of benzene rings is 2. The smallest absolute Gasteiger partial charge is 0.248 e. The van der Waals surface area contributed by atoms with Crippen molar-refractivity contribution in [2.45, 2.75) is 26.4 Å². The zero-order valence-corrected chi connectivity index (χ0v) is 12.8. The third kappa shape index (κ3) is 4.15. The van der Waals surface area contributed by atoms with Crippen LogP contribution in [0.15, 0.2) is 48.5 Å². The fourth-order valence-corrected chi connectivity index (χ4v) is 2.42. The van der Waals surface area contributed by atoms with Crippen LogP contribution in [0.3, 0.4) is 0 Å². The van der Waals surface area contributed by atoms with Gasteiger partial charge in [-0.1, -0.05) is 38.1 Å². The normalized spacial score (nSPS) is 12.4. The molecule has 0 fully saturated rings. The van der Waals surface area contributed by atoms with Gasteiger partial charge in [-0.05, 0) is 41.3 Å². The predicted molar refractivity (Wildman–Crippen MR) is 85.8 cm³/mol. The lowest BCUT2D eigenvalue weighted by molar-refractivity contribution is 0.100. The van der Waals surface area contributed by atoms with Crippen LogP contribution in [0.25, 0.3) is 0 Å². The highest BCUT2D eigenvalue weighted by molar-refractivity contribution is 5.92. The van der Waals surface area contributed by atoms with Crippen molar-refractivity contribution in [3.05, 3.63) is 71.0 Å². The predicted octanol–water partition coefficient (Wildman–Crippen LogP) is 3.41. The SMILES string of the molecule is CC(C)[C@@H](NCc1ccc(C(N)=O)cc1)c1ccc(F)cc1. The number of hydrogen-bond donors (Lipinski definition) is 2. The molecule has 0 aliphatic heterocycles. The van der Waals surface area contributed by atoms with Gasteiger partial charge < -0.3 is 11.1 Å². The van der Waals surface area contributed by atoms with Crippen LogP contribution in [0.5, 0.6) is 0 Å². The van der Waals surface area contributed by atoms with Gasteiger partial charge in [0.1, 0.15) is 5.82 Å². The van der Waals surface area contributed by atoms with Gasteiger partial charge in [0.15, 0.2) is 0 Å². The summed E-state index contributed by atoms with van der Waals surface area (Å²) >= 11 is 0. The van der Waals surface area contributed by atoms with E-state index >= 15 is 0 Å². The number of rotatable bonds is 6. The van der Waals surface area contributed by atoms with E-state index in [1.54, 1.807) is 12.1 Å². The Bertz CT molecular complexity index is 621. The quantitative estimate of drug-likeness (QED) is 0.859. The molecule has 1 atom stereocenters. The first kappa shape index (κ1) is 16.2. The van der Waals surface area contributed by atoms with Crippen LogP contribution in [-0.4, -0.2) is 5.91 Å². The van der Waals surface area contributed by atoms with Crippen molar-refractivity contribution in [3.63, 3.8) is 0 Å². The second-order valence-electron chi connectivity index (χ2n) is 5.72. The van der Waals surface area contributed by atoms with E-state index in [0.29, 0.717) is 18.0 Å². The van der Waals surface area contributed by atoms with Crippen LogP contribution in [0.4, 0.5) is 4.39 Å². The molecule has 0 bridgehead atoms. The van der Waals surface area contributed by atoms with E-state index < -0.39 is 5.91 Å². The third-order valence-electron chi connectivity index (χ3n) is 3.66. The summed E-state index contributed by atoms with van der Waals surface area (Å²) in [6.07, 6.45) is 0. The molecule has 0 aliphatic rings. The maximum absolute atomic E-state index is 13.0. The minimum absolute atomic E-state index is 0.136. The Balaban J connectivity index is 2.05. The highest BCUT2D eigenvalue weighted by atomic mass is 19.1. The van der Waals surface area contributed by atoms with Gasteiger partial charge in [-0.25, -0.2) is 4.39 Å². The first-order valence-corrected chi connectivity index (χ1v) is 7.35. The largest absolute Gasteiger partial charge is 0.366 e. The van der Waals surface area contributed by atoms with E-state index in [9.17, 15) is 9.18 Å². The Morgan fingerprint density at radius 2 is 1.68 bits per heavy atom. The molecule has 4 heteroatoms. The summed E-state index contributed by atoms with van der Waals surface area (Å²) in [7, 11) is 0. The van der Waals surface area contributed by atoms with Crippen LogP contribution in [-0.2, 0) is 6.54 Å². The maximum Gasteiger partial charge on any atom is 0.248 e. The molecule has 2 aromatic carbocycles. The van der Waals surface area contributed by atoms with Gasteiger partial charge in [-0.3, -0.25) is 4.79 Å². The molecule has 0 aliphatic carbocycles. The minimum atomic E-state index is -0.425. The summed E-state index contributed by atoms with van der Waals surface area (Å²) in [6.45, 7) is 4.91. The zero-order valence-electron chi connectivity index (χ0n) is 12.8. The van der Waals surface area contributed by atoms with Crippen molar-refractivity contribution in [2.24, 2.45) is 11.7 Å². The van der Waals surface area contributed by atoms with Crippen molar-refractivity contribution < 1.29 is 9.18 Å². The summed E-state index contributed by atoms with van der Waals surface area (Å²) in [4.78, 5) is 11.1. The average Bonchev–Trinajstić information content (AvgIpc) is 2.49. The van der Waals surface area contributed by atoms with Crippen LogP contribution in [0, 0.1) is 11.7 Å². The molecule has 0 aromatic heterocycles. The number of amides is 1. The van der Waals surface area contributed by atoms with Crippen LogP contribution in [0.1, 0.15) is 41.4 Å². The second-order valence-corrected chi connectivity index (χ2v) is 5.72. The molecule has 0 saturated carbocycles. The highest BCUT2D eigenvalue weighted by Gasteiger charge is 2.15. The number of carbonyl (C=O) groups excluding carboxylic acids is 1. The fraction of sp³-hybridized carbons (Fsp3) is 0.278. The number of nitrogens with two attached hydrogens (primary N) is 1. The van der Waals surface area contributed by atoms with Crippen molar-refractivity contribution in [1.29, 1.82) is 0 Å². The van der Waals surface area contributed by atoms with Crippen molar-refractivity contribution >= 4 is 5.91 Å². The van der Waals surface area contributed by atoms with E-state index in [1.165, 1.54) is 12.1 Å². The van der Waals surface area contributed by atoms with Gasteiger partial charge in [0, 0.05) is 18.2 Å². The maximum atomic E-state index is 13.0. The van der Waals surface area contributed by atoms with Gasteiger partial charge in [0.25, 0.3) is 0 Å². The molecular formula is C18H21FN2O. The van der Waals surface area contributed by atoms with Gasteiger partial charge in [0.05, 0.1) is 0 Å². The van der Waals surface area contributed by atoms with Gasteiger partial charge in [-0.15, -0.1) is 0 Å². The minimum Gasteiger partial charge on any atom is -0.366 e. The second kappa shape index (κ2) is 7.18. The van der Waals surface area contributed by atoms with E-state index in [1.807, 2.05) is 24.3 Å². The highest BCUT2D eigenvalue weighted by Crippen LogP contribution is 2.22. The first-order valence-electron chi connectivity index (χ1n) is 7.35. The molecule has 3 nitrogen and oxygen atoms in total. The monoisotopic (exact) mass is 300 g/mol. The molecule has 0 spiro atoms. The van der Waals surface area contributed by atoms with Crippen LogP contribution < -0.4 is 11.1 Å². The molecular weight excluding hydrogens is 279 g/mol. The number of carbonyl (C=O) groups is 1. The number of nitrogens with one attached hydrogen (secondary N) is 1. The molecule has 0 radical (unpaired) electrons. The molecule has 22 heavy (non-hydrogen) atoms. The van der Waals surface area contributed by atoms with Gasteiger partial charge >= 0.3 is 0 Å². The van der Waals surface area contributed by atoms with Gasteiger partial charge in [0.2, 0.25) is 5.91 Å². The lowest BCUT2D eigenvalue weighted by Crippen LogP contribution is -2.25. The Kier molecular flexibility index (Phi) is 5.28. The topological polar surface area (TPSA) is 55.1 Å². The summed E-state index contributed by atoms with van der Waals surface area (Å²) in [5.41, 5.74) is 7.86. The van der Waals surface area contributed by atoms with Crippen molar-refractivity contribution in [1.82, 2.24) is 5.32 Å². The third-order valence-corrected chi connectivity index (χ3v) is 3.66. The number of primary amides is 1. The standard InChI is InChI=1S/C18H21FN2O/c1-12(2)17(14-7-9-16(19)10-8-14)21-11-13-3-5-15(6-4-13)18(20)22/h3-10,12,17,21H,11H2,1-2H3,(H2,20,22)/t17-/m1/s1.